The van der Waals surface area contributed by atoms with Crippen molar-refractivity contribution in [2.45, 2.75) is 52.5 Å². The van der Waals surface area contributed by atoms with E-state index < -0.39 is 11.0 Å². The number of ether oxygens (including phenoxy) is 1. The van der Waals surface area contributed by atoms with E-state index in [9.17, 15) is 4.79 Å². The normalized spacial score (nSPS) is 12.6. The standard InChI is InChI=1S/C13H28N2O2/c1-12(2,13(3,4)14)11(16)15-9-7-6-8-10-17-5/h6-10,14H2,1-5H3,(H,15,16). The van der Waals surface area contributed by atoms with E-state index in [1.807, 2.05) is 27.7 Å². The van der Waals surface area contributed by atoms with Gasteiger partial charge in [0.2, 0.25) is 5.91 Å². The van der Waals surface area contributed by atoms with Crippen LogP contribution in [0.4, 0.5) is 0 Å². The monoisotopic (exact) mass is 244 g/mol. The summed E-state index contributed by atoms with van der Waals surface area (Å²) < 4.78 is 4.96. The number of carbonyl (C=O) groups is 1. The van der Waals surface area contributed by atoms with Crippen molar-refractivity contribution in [1.82, 2.24) is 5.32 Å². The highest BCUT2D eigenvalue weighted by molar-refractivity contribution is 5.83. The van der Waals surface area contributed by atoms with Gasteiger partial charge in [0.25, 0.3) is 0 Å². The Kier molecular flexibility index (Phi) is 6.72. The van der Waals surface area contributed by atoms with Gasteiger partial charge in [-0.25, -0.2) is 0 Å². The van der Waals surface area contributed by atoms with Crippen LogP contribution in [-0.2, 0) is 9.53 Å². The topological polar surface area (TPSA) is 64.3 Å². The molecule has 0 aliphatic carbocycles. The number of nitrogens with two attached hydrogens (primary N) is 1. The quantitative estimate of drug-likeness (QED) is 0.639. The van der Waals surface area contributed by atoms with Crippen LogP contribution in [0.2, 0.25) is 0 Å². The molecule has 0 spiro atoms. The molecule has 0 atom stereocenters. The molecule has 0 aliphatic heterocycles. The van der Waals surface area contributed by atoms with Crippen molar-refractivity contribution in [3.63, 3.8) is 0 Å². The minimum absolute atomic E-state index is 0.0248. The fraction of sp³-hybridized carbons (Fsp3) is 0.923. The van der Waals surface area contributed by atoms with Crippen molar-refractivity contribution >= 4 is 5.91 Å². The Morgan fingerprint density at radius 2 is 1.76 bits per heavy atom. The van der Waals surface area contributed by atoms with Gasteiger partial charge in [-0.05, 0) is 47.0 Å². The molecule has 0 unspecified atom stereocenters. The van der Waals surface area contributed by atoms with Crippen LogP contribution in [0.5, 0.6) is 0 Å². The van der Waals surface area contributed by atoms with Crippen LogP contribution in [-0.4, -0.2) is 31.7 Å². The summed E-state index contributed by atoms with van der Waals surface area (Å²) in [5, 5.41) is 2.95. The molecule has 0 bridgehead atoms. The third-order valence-electron chi connectivity index (χ3n) is 3.49. The number of hydrogen-bond donors (Lipinski definition) is 2. The van der Waals surface area contributed by atoms with Crippen molar-refractivity contribution in [2.75, 3.05) is 20.3 Å². The van der Waals surface area contributed by atoms with Gasteiger partial charge in [-0.3, -0.25) is 4.79 Å². The highest BCUT2D eigenvalue weighted by Crippen LogP contribution is 2.28. The SMILES string of the molecule is COCCCCCNC(=O)C(C)(C)C(C)(C)N. The van der Waals surface area contributed by atoms with E-state index in [0.29, 0.717) is 6.54 Å². The summed E-state index contributed by atoms with van der Waals surface area (Å²) >= 11 is 0. The van der Waals surface area contributed by atoms with E-state index >= 15 is 0 Å². The molecule has 4 nitrogen and oxygen atoms in total. The van der Waals surface area contributed by atoms with Gasteiger partial charge in [-0.1, -0.05) is 0 Å². The summed E-state index contributed by atoms with van der Waals surface area (Å²) in [5.41, 5.74) is 4.93. The molecule has 0 aliphatic rings. The zero-order valence-corrected chi connectivity index (χ0v) is 11.9. The van der Waals surface area contributed by atoms with E-state index in [0.717, 1.165) is 25.9 Å². The second-order valence-corrected chi connectivity index (χ2v) is 5.66. The predicted molar refractivity (Wildman–Crippen MR) is 70.8 cm³/mol. The zero-order chi connectivity index (χ0) is 13.5. The molecule has 0 aromatic carbocycles. The summed E-state index contributed by atoms with van der Waals surface area (Å²) in [6.07, 6.45) is 3.09. The fourth-order valence-electron chi connectivity index (χ4n) is 1.26. The second-order valence-electron chi connectivity index (χ2n) is 5.66. The van der Waals surface area contributed by atoms with E-state index in [2.05, 4.69) is 5.32 Å². The molecule has 17 heavy (non-hydrogen) atoms. The zero-order valence-electron chi connectivity index (χ0n) is 11.9. The van der Waals surface area contributed by atoms with Gasteiger partial charge >= 0.3 is 0 Å². The fourth-order valence-corrected chi connectivity index (χ4v) is 1.26. The molecule has 3 N–H and O–H groups in total. The molecule has 0 aromatic rings. The summed E-state index contributed by atoms with van der Waals surface area (Å²) in [4.78, 5) is 12.0. The molecule has 0 heterocycles. The van der Waals surface area contributed by atoms with Crippen LogP contribution < -0.4 is 11.1 Å². The minimum atomic E-state index is -0.556. The lowest BCUT2D eigenvalue weighted by Gasteiger charge is -2.36. The molecular weight excluding hydrogens is 216 g/mol. The Bertz CT molecular complexity index is 232. The van der Waals surface area contributed by atoms with Crippen molar-refractivity contribution < 1.29 is 9.53 Å². The average Bonchev–Trinajstić information content (AvgIpc) is 2.21. The first-order valence-electron chi connectivity index (χ1n) is 6.29. The van der Waals surface area contributed by atoms with Crippen LogP contribution in [0.3, 0.4) is 0 Å². The second kappa shape index (κ2) is 6.97. The number of rotatable bonds is 8. The Morgan fingerprint density at radius 3 is 2.24 bits per heavy atom. The van der Waals surface area contributed by atoms with Crippen molar-refractivity contribution in [3.8, 4) is 0 Å². The maximum atomic E-state index is 12.0. The molecule has 0 saturated carbocycles. The molecular formula is C13H28N2O2. The maximum Gasteiger partial charge on any atom is 0.227 e. The first-order chi connectivity index (χ1) is 7.73. The molecule has 0 aromatic heterocycles. The Labute approximate surface area is 105 Å². The maximum absolute atomic E-state index is 12.0. The summed E-state index contributed by atoms with van der Waals surface area (Å²) in [6.45, 7) is 9.02. The molecule has 4 heteroatoms. The van der Waals surface area contributed by atoms with Crippen molar-refractivity contribution in [2.24, 2.45) is 11.1 Å². The third-order valence-corrected chi connectivity index (χ3v) is 3.49. The van der Waals surface area contributed by atoms with E-state index in [4.69, 9.17) is 10.5 Å². The van der Waals surface area contributed by atoms with E-state index in [1.54, 1.807) is 7.11 Å². The molecule has 102 valence electrons. The summed E-state index contributed by atoms with van der Waals surface area (Å²) in [6, 6.07) is 0. The molecule has 0 saturated heterocycles. The number of carbonyl (C=O) groups excluding carboxylic acids is 1. The summed E-state index contributed by atoms with van der Waals surface area (Å²) in [7, 11) is 1.70. The van der Waals surface area contributed by atoms with Gasteiger partial charge in [0.15, 0.2) is 0 Å². The number of hydrogen-bond acceptors (Lipinski definition) is 3. The van der Waals surface area contributed by atoms with Crippen LogP contribution >= 0.6 is 0 Å². The van der Waals surface area contributed by atoms with Gasteiger partial charge < -0.3 is 15.8 Å². The molecule has 1 amide bonds. The summed E-state index contributed by atoms with van der Waals surface area (Å²) in [5.74, 6) is 0.0248. The average molecular weight is 244 g/mol. The lowest BCUT2D eigenvalue weighted by atomic mass is 9.74. The lowest BCUT2D eigenvalue weighted by Crippen LogP contribution is -2.55. The lowest BCUT2D eigenvalue weighted by molar-refractivity contribution is -0.132. The highest BCUT2D eigenvalue weighted by Gasteiger charge is 2.39. The molecule has 0 radical (unpaired) electrons. The van der Waals surface area contributed by atoms with Crippen LogP contribution in [0.15, 0.2) is 0 Å². The Hall–Kier alpha value is -0.610. The van der Waals surface area contributed by atoms with Gasteiger partial charge in [0, 0.05) is 25.8 Å². The van der Waals surface area contributed by atoms with Crippen molar-refractivity contribution in [1.29, 1.82) is 0 Å². The Balaban J connectivity index is 3.87. The van der Waals surface area contributed by atoms with E-state index in [1.165, 1.54) is 0 Å². The highest BCUT2D eigenvalue weighted by atomic mass is 16.5. The number of unbranched alkanes of at least 4 members (excludes halogenated alkanes) is 2. The van der Waals surface area contributed by atoms with Crippen molar-refractivity contribution in [3.05, 3.63) is 0 Å². The first-order valence-corrected chi connectivity index (χ1v) is 6.29. The predicted octanol–water partition coefficient (Wildman–Crippen LogP) is 1.68. The number of amides is 1. The molecule has 0 fully saturated rings. The van der Waals surface area contributed by atoms with Gasteiger partial charge in [-0.15, -0.1) is 0 Å². The number of nitrogens with one attached hydrogen (secondary N) is 1. The van der Waals surface area contributed by atoms with Gasteiger partial charge in [0.1, 0.15) is 0 Å². The van der Waals surface area contributed by atoms with Gasteiger partial charge in [-0.2, -0.15) is 0 Å². The third kappa shape index (κ3) is 5.50. The number of methoxy groups -OCH3 is 1. The smallest absolute Gasteiger partial charge is 0.227 e. The Morgan fingerprint density at radius 1 is 1.18 bits per heavy atom. The van der Waals surface area contributed by atoms with E-state index in [-0.39, 0.29) is 5.91 Å². The minimum Gasteiger partial charge on any atom is -0.385 e. The molecule has 0 rings (SSSR count). The first kappa shape index (κ1) is 16.4. The van der Waals surface area contributed by atoms with Crippen LogP contribution in [0.1, 0.15) is 47.0 Å². The van der Waals surface area contributed by atoms with Crippen LogP contribution in [0, 0.1) is 5.41 Å². The largest absolute Gasteiger partial charge is 0.385 e. The van der Waals surface area contributed by atoms with Gasteiger partial charge in [0.05, 0.1) is 5.41 Å². The van der Waals surface area contributed by atoms with Crippen LogP contribution in [0.25, 0.3) is 0 Å².